The molecule has 21 heavy (non-hydrogen) atoms. The number of nitrogens with one attached hydrogen (secondary N) is 1. The Balaban J connectivity index is 2.83. The predicted molar refractivity (Wildman–Crippen MR) is 80.9 cm³/mol. The summed E-state index contributed by atoms with van der Waals surface area (Å²) in [5.74, 6) is 0.624. The Labute approximate surface area is 127 Å². The first-order chi connectivity index (χ1) is 9.81. The third-order valence-corrected chi connectivity index (χ3v) is 6.04. The number of hydrogen-bond donors (Lipinski definition) is 2. The standard InChI is InChI=1S/C13H27N3O4S/c1-4-11-6-8-13(10-14,9-7-11)16(3)21(18,19)15-12(17)20-5-2/h11H,4-10,14H2,1-3H3,(H,15,17). The summed E-state index contributed by atoms with van der Waals surface area (Å²) in [6, 6.07) is 0. The van der Waals surface area contributed by atoms with Gasteiger partial charge in [-0.1, -0.05) is 13.3 Å². The topological polar surface area (TPSA) is 102 Å². The van der Waals surface area contributed by atoms with E-state index in [9.17, 15) is 13.2 Å². The molecule has 1 rings (SSSR count). The highest BCUT2D eigenvalue weighted by Crippen LogP contribution is 2.37. The molecule has 1 amide bonds. The van der Waals surface area contributed by atoms with Gasteiger partial charge in [-0.25, -0.2) is 9.52 Å². The van der Waals surface area contributed by atoms with Crippen molar-refractivity contribution in [3.05, 3.63) is 0 Å². The van der Waals surface area contributed by atoms with E-state index in [0.29, 0.717) is 18.8 Å². The minimum Gasteiger partial charge on any atom is -0.449 e. The van der Waals surface area contributed by atoms with E-state index in [-0.39, 0.29) is 13.2 Å². The predicted octanol–water partition coefficient (Wildman–Crippen LogP) is 1.21. The van der Waals surface area contributed by atoms with Crippen molar-refractivity contribution in [1.29, 1.82) is 0 Å². The number of amides is 1. The van der Waals surface area contributed by atoms with Crippen molar-refractivity contribution < 1.29 is 17.9 Å². The Morgan fingerprint density at radius 1 is 1.38 bits per heavy atom. The van der Waals surface area contributed by atoms with Crippen LogP contribution in [0.1, 0.15) is 46.0 Å². The quantitative estimate of drug-likeness (QED) is 0.765. The van der Waals surface area contributed by atoms with Crippen LogP contribution in [0.2, 0.25) is 0 Å². The van der Waals surface area contributed by atoms with E-state index in [4.69, 9.17) is 5.73 Å². The molecule has 0 radical (unpaired) electrons. The van der Waals surface area contributed by atoms with Gasteiger partial charge in [-0.05, 0) is 38.5 Å². The van der Waals surface area contributed by atoms with Gasteiger partial charge in [0.1, 0.15) is 0 Å². The Morgan fingerprint density at radius 3 is 2.38 bits per heavy atom. The number of nitrogens with zero attached hydrogens (tertiary/aromatic N) is 1. The van der Waals surface area contributed by atoms with Gasteiger partial charge in [-0.3, -0.25) is 0 Å². The van der Waals surface area contributed by atoms with Crippen molar-refractivity contribution in [3.63, 3.8) is 0 Å². The van der Waals surface area contributed by atoms with Crippen LogP contribution in [0.3, 0.4) is 0 Å². The third-order valence-electron chi connectivity index (χ3n) is 4.51. The zero-order valence-electron chi connectivity index (χ0n) is 13.1. The first-order valence-corrected chi connectivity index (χ1v) is 8.89. The van der Waals surface area contributed by atoms with Crippen LogP contribution in [0.4, 0.5) is 4.79 Å². The molecule has 1 saturated carbocycles. The van der Waals surface area contributed by atoms with Crippen LogP contribution in [0.15, 0.2) is 0 Å². The van der Waals surface area contributed by atoms with Crippen molar-refractivity contribution in [2.45, 2.75) is 51.5 Å². The van der Waals surface area contributed by atoms with Gasteiger partial charge in [-0.2, -0.15) is 12.7 Å². The minimum atomic E-state index is -3.95. The van der Waals surface area contributed by atoms with E-state index >= 15 is 0 Å². The minimum absolute atomic E-state index is 0.116. The van der Waals surface area contributed by atoms with Crippen molar-refractivity contribution in [1.82, 2.24) is 9.03 Å². The Bertz CT molecular complexity index is 444. The summed E-state index contributed by atoms with van der Waals surface area (Å²) in [5, 5.41) is 0. The molecule has 1 fully saturated rings. The molecule has 0 heterocycles. The molecule has 3 N–H and O–H groups in total. The van der Waals surface area contributed by atoms with Crippen LogP contribution in [0.5, 0.6) is 0 Å². The van der Waals surface area contributed by atoms with Gasteiger partial charge in [0.2, 0.25) is 0 Å². The largest absolute Gasteiger partial charge is 0.449 e. The van der Waals surface area contributed by atoms with Crippen LogP contribution in [-0.4, -0.2) is 44.6 Å². The van der Waals surface area contributed by atoms with Crippen LogP contribution in [0, 0.1) is 5.92 Å². The highest BCUT2D eigenvalue weighted by atomic mass is 32.2. The maximum absolute atomic E-state index is 12.3. The summed E-state index contributed by atoms with van der Waals surface area (Å²) in [5.41, 5.74) is 5.24. The molecular formula is C13H27N3O4S. The molecule has 1 aliphatic rings. The third kappa shape index (κ3) is 4.31. The molecule has 8 heteroatoms. The number of rotatable bonds is 6. The maximum atomic E-state index is 12.3. The molecule has 7 nitrogen and oxygen atoms in total. The average Bonchev–Trinajstić information content (AvgIpc) is 2.46. The van der Waals surface area contributed by atoms with Crippen molar-refractivity contribution in [3.8, 4) is 0 Å². The molecule has 0 unspecified atom stereocenters. The molecule has 0 aromatic rings. The van der Waals surface area contributed by atoms with Gasteiger partial charge in [-0.15, -0.1) is 0 Å². The summed E-state index contributed by atoms with van der Waals surface area (Å²) < 4.78 is 32.3. The molecule has 0 atom stereocenters. The molecule has 124 valence electrons. The summed E-state index contributed by atoms with van der Waals surface area (Å²) >= 11 is 0. The summed E-state index contributed by atoms with van der Waals surface area (Å²) in [7, 11) is -2.47. The highest BCUT2D eigenvalue weighted by molar-refractivity contribution is 7.87. The average molecular weight is 321 g/mol. The van der Waals surface area contributed by atoms with Crippen molar-refractivity contribution >= 4 is 16.3 Å². The fourth-order valence-electron chi connectivity index (χ4n) is 2.86. The van der Waals surface area contributed by atoms with Crippen LogP contribution in [-0.2, 0) is 14.9 Å². The SMILES string of the molecule is CCOC(=O)NS(=O)(=O)N(C)C1(CN)CCC(CC)CC1. The first kappa shape index (κ1) is 18.2. The number of ether oxygens (including phenoxy) is 1. The second-order valence-corrected chi connectivity index (χ2v) is 7.28. The lowest BCUT2D eigenvalue weighted by atomic mass is 9.75. The number of nitrogens with two attached hydrogens (primary N) is 1. The molecule has 0 bridgehead atoms. The summed E-state index contributed by atoms with van der Waals surface area (Å²) in [6.45, 7) is 4.11. The fraction of sp³-hybridized carbons (Fsp3) is 0.923. The van der Waals surface area contributed by atoms with E-state index in [1.807, 2.05) is 4.72 Å². The van der Waals surface area contributed by atoms with Gasteiger partial charge in [0.15, 0.2) is 0 Å². The molecule has 0 saturated heterocycles. The lowest BCUT2D eigenvalue weighted by Gasteiger charge is -2.44. The van der Waals surface area contributed by atoms with Gasteiger partial charge >= 0.3 is 16.3 Å². The van der Waals surface area contributed by atoms with Crippen molar-refractivity contribution in [2.75, 3.05) is 20.2 Å². The second-order valence-electron chi connectivity index (χ2n) is 5.58. The fourth-order valence-corrected chi connectivity index (χ4v) is 4.03. The Kier molecular flexibility index (Phi) is 6.42. The Hall–Kier alpha value is -0.860. The second kappa shape index (κ2) is 7.42. The van der Waals surface area contributed by atoms with E-state index in [2.05, 4.69) is 11.7 Å². The zero-order valence-corrected chi connectivity index (χ0v) is 13.9. The highest BCUT2D eigenvalue weighted by Gasteiger charge is 2.43. The zero-order chi connectivity index (χ0) is 16.1. The number of carbonyl (C=O) groups is 1. The summed E-state index contributed by atoms with van der Waals surface area (Å²) in [4.78, 5) is 11.4. The van der Waals surface area contributed by atoms with Gasteiger partial charge in [0, 0.05) is 19.1 Å². The molecular weight excluding hydrogens is 294 g/mol. The summed E-state index contributed by atoms with van der Waals surface area (Å²) in [6.07, 6.45) is 3.46. The van der Waals surface area contributed by atoms with E-state index in [0.717, 1.165) is 19.3 Å². The Morgan fingerprint density at radius 2 is 1.95 bits per heavy atom. The smallest absolute Gasteiger partial charge is 0.421 e. The molecule has 1 aliphatic carbocycles. The molecule has 0 aromatic heterocycles. The van der Waals surface area contributed by atoms with E-state index in [1.54, 1.807) is 6.92 Å². The molecule has 0 aliphatic heterocycles. The lowest BCUT2D eigenvalue weighted by Crippen LogP contribution is -2.59. The maximum Gasteiger partial charge on any atom is 0.421 e. The van der Waals surface area contributed by atoms with Gasteiger partial charge in [0.25, 0.3) is 0 Å². The van der Waals surface area contributed by atoms with Crippen LogP contribution in [0.25, 0.3) is 0 Å². The number of likely N-dealkylation sites (N-methyl/N-ethyl adjacent to an activating group) is 1. The van der Waals surface area contributed by atoms with E-state index in [1.165, 1.54) is 11.4 Å². The van der Waals surface area contributed by atoms with Gasteiger partial charge in [0.05, 0.1) is 6.61 Å². The number of hydrogen-bond acceptors (Lipinski definition) is 5. The van der Waals surface area contributed by atoms with Crippen molar-refractivity contribution in [2.24, 2.45) is 11.7 Å². The molecule has 0 spiro atoms. The van der Waals surface area contributed by atoms with E-state index < -0.39 is 21.8 Å². The lowest BCUT2D eigenvalue weighted by molar-refractivity contribution is 0.125. The van der Waals surface area contributed by atoms with Crippen LogP contribution >= 0.6 is 0 Å². The van der Waals surface area contributed by atoms with Gasteiger partial charge < -0.3 is 10.5 Å². The van der Waals surface area contributed by atoms with Crippen LogP contribution < -0.4 is 10.5 Å². The molecule has 0 aromatic carbocycles. The first-order valence-electron chi connectivity index (χ1n) is 7.45. The monoisotopic (exact) mass is 321 g/mol. The number of carbonyl (C=O) groups excluding carboxylic acids is 1. The normalized spacial score (nSPS) is 26.6.